The normalized spacial score (nSPS) is 11.3. The van der Waals surface area contributed by atoms with Crippen LogP contribution >= 0.6 is 0 Å². The van der Waals surface area contributed by atoms with Crippen LogP contribution in [0.25, 0.3) is 22.0 Å². The molecule has 1 heterocycles. The first-order valence-corrected chi connectivity index (χ1v) is 11.4. The number of aromatic nitrogens is 2. The molecule has 0 unspecified atom stereocenters. The fraction of sp³-hybridized carbons (Fsp3) is 0.0714. The smallest absolute Gasteiger partial charge is 0.416 e. The van der Waals surface area contributed by atoms with E-state index in [1.165, 1.54) is 18.2 Å². The van der Waals surface area contributed by atoms with Crippen LogP contribution in [0.3, 0.4) is 0 Å². The number of nitrogens with one attached hydrogen (secondary N) is 3. The van der Waals surface area contributed by atoms with Crippen molar-refractivity contribution in [3.8, 4) is 16.9 Å². The second kappa shape index (κ2) is 10.1. The fourth-order valence-corrected chi connectivity index (χ4v) is 3.91. The molecule has 0 bridgehead atoms. The van der Waals surface area contributed by atoms with Gasteiger partial charge in [0.15, 0.2) is 5.82 Å². The van der Waals surface area contributed by atoms with Crippen molar-refractivity contribution < 1.29 is 22.7 Å². The number of nitrogens with zero attached hydrogens (tertiary/aromatic N) is 1. The summed E-state index contributed by atoms with van der Waals surface area (Å²) in [4.78, 5) is 12.6. The zero-order valence-electron chi connectivity index (χ0n) is 19.3. The summed E-state index contributed by atoms with van der Waals surface area (Å²) in [6, 6.07) is 27.0. The highest BCUT2D eigenvalue weighted by Gasteiger charge is 2.33. The fourth-order valence-electron chi connectivity index (χ4n) is 3.91. The molecule has 6 nitrogen and oxygen atoms in total. The van der Waals surface area contributed by atoms with Crippen LogP contribution in [0.4, 0.5) is 29.5 Å². The van der Waals surface area contributed by atoms with Crippen LogP contribution in [0, 0.1) is 0 Å². The predicted molar refractivity (Wildman–Crippen MR) is 136 cm³/mol. The van der Waals surface area contributed by atoms with Crippen molar-refractivity contribution in [3.05, 3.63) is 108 Å². The molecule has 37 heavy (non-hydrogen) atoms. The van der Waals surface area contributed by atoms with Gasteiger partial charge in [-0.1, -0.05) is 60.7 Å². The molecular formula is C28H21F3N4O2. The summed E-state index contributed by atoms with van der Waals surface area (Å²) in [5.74, 6) is 0.598. The summed E-state index contributed by atoms with van der Waals surface area (Å²) in [7, 11) is 0. The first-order chi connectivity index (χ1) is 17.9. The van der Waals surface area contributed by atoms with Crippen LogP contribution in [-0.2, 0) is 12.8 Å². The Morgan fingerprint density at radius 2 is 1.54 bits per heavy atom. The van der Waals surface area contributed by atoms with Crippen LogP contribution in [-0.4, -0.2) is 16.2 Å². The molecule has 0 saturated heterocycles. The molecule has 3 N–H and O–H groups in total. The first-order valence-electron chi connectivity index (χ1n) is 11.4. The van der Waals surface area contributed by atoms with Gasteiger partial charge < -0.3 is 10.1 Å². The number of urea groups is 1. The average Bonchev–Trinajstić information content (AvgIpc) is 3.29. The molecule has 0 atom stereocenters. The highest BCUT2D eigenvalue weighted by molar-refractivity contribution is 6.04. The van der Waals surface area contributed by atoms with Crippen LogP contribution in [0.1, 0.15) is 11.1 Å². The van der Waals surface area contributed by atoms with Gasteiger partial charge in [-0.15, -0.1) is 0 Å². The Balaban J connectivity index is 1.26. The van der Waals surface area contributed by atoms with Gasteiger partial charge in [0.1, 0.15) is 12.4 Å². The monoisotopic (exact) mass is 502 g/mol. The molecule has 0 spiro atoms. The zero-order chi connectivity index (χ0) is 25.8. The van der Waals surface area contributed by atoms with E-state index in [1.54, 1.807) is 30.3 Å². The van der Waals surface area contributed by atoms with Gasteiger partial charge in [0.05, 0.1) is 11.1 Å². The largest absolute Gasteiger partial charge is 0.489 e. The predicted octanol–water partition coefficient (Wildman–Crippen LogP) is 7.47. The number of rotatable bonds is 6. The molecule has 0 fully saturated rings. The molecule has 2 amide bonds. The lowest BCUT2D eigenvalue weighted by molar-refractivity contribution is -0.138. The number of H-pyrrole nitrogens is 1. The topological polar surface area (TPSA) is 79.0 Å². The molecule has 0 aliphatic heterocycles. The summed E-state index contributed by atoms with van der Waals surface area (Å²) in [5.41, 5.74) is 2.61. The van der Waals surface area contributed by atoms with Gasteiger partial charge in [-0.2, -0.15) is 18.3 Å². The number of hydrogen-bond acceptors (Lipinski definition) is 3. The van der Waals surface area contributed by atoms with Crippen molar-refractivity contribution in [1.82, 2.24) is 10.2 Å². The number of carbonyl (C=O) groups is 1. The maximum atomic E-state index is 13.3. The molecule has 0 aliphatic carbocycles. The number of carbonyl (C=O) groups excluding carboxylic acids is 1. The lowest BCUT2D eigenvalue weighted by Gasteiger charge is -2.13. The molecule has 1 aromatic heterocycles. The second-order valence-corrected chi connectivity index (χ2v) is 8.25. The Bertz CT molecular complexity index is 1530. The van der Waals surface area contributed by atoms with Gasteiger partial charge in [-0.05, 0) is 47.5 Å². The van der Waals surface area contributed by atoms with Crippen molar-refractivity contribution in [3.63, 3.8) is 0 Å². The molecule has 5 aromatic rings. The van der Waals surface area contributed by atoms with Gasteiger partial charge in [0.2, 0.25) is 0 Å². The Hall–Kier alpha value is -4.79. The molecule has 186 valence electrons. The third-order valence-corrected chi connectivity index (χ3v) is 5.73. The molecule has 0 aliphatic rings. The highest BCUT2D eigenvalue weighted by atomic mass is 19.4. The lowest BCUT2D eigenvalue weighted by atomic mass is 10.1. The quantitative estimate of drug-likeness (QED) is 0.225. The number of hydrogen-bond donors (Lipinski definition) is 3. The highest BCUT2D eigenvalue weighted by Crippen LogP contribution is 2.33. The van der Waals surface area contributed by atoms with E-state index in [1.807, 2.05) is 42.5 Å². The number of alkyl halides is 3. The van der Waals surface area contributed by atoms with Crippen LogP contribution in [0.5, 0.6) is 5.75 Å². The van der Waals surface area contributed by atoms with Crippen molar-refractivity contribution in [2.24, 2.45) is 0 Å². The molecule has 4 aromatic carbocycles. The van der Waals surface area contributed by atoms with Crippen LogP contribution < -0.4 is 15.4 Å². The number of amides is 2. The van der Waals surface area contributed by atoms with Crippen molar-refractivity contribution >= 4 is 28.4 Å². The van der Waals surface area contributed by atoms with E-state index in [0.29, 0.717) is 22.3 Å². The van der Waals surface area contributed by atoms with Gasteiger partial charge in [0, 0.05) is 16.6 Å². The Kier molecular flexibility index (Phi) is 6.51. The third-order valence-electron chi connectivity index (χ3n) is 5.73. The molecule has 9 heteroatoms. The SMILES string of the molecule is O=C(Nc1ccc(-c2ccccc2)cc1)Nc1n[nH]c2ccc(OCc3ccccc3C(F)(F)F)cc12. The summed E-state index contributed by atoms with van der Waals surface area (Å²) in [6.45, 7) is -0.263. The zero-order valence-corrected chi connectivity index (χ0v) is 19.3. The van der Waals surface area contributed by atoms with E-state index in [2.05, 4.69) is 20.8 Å². The number of aromatic amines is 1. The maximum absolute atomic E-state index is 13.3. The van der Waals surface area contributed by atoms with Crippen LogP contribution in [0.15, 0.2) is 97.1 Å². The van der Waals surface area contributed by atoms with E-state index >= 15 is 0 Å². The van der Waals surface area contributed by atoms with Gasteiger partial charge in [0.25, 0.3) is 0 Å². The second-order valence-electron chi connectivity index (χ2n) is 8.25. The minimum absolute atomic E-state index is 0.0262. The third kappa shape index (κ3) is 5.56. The van der Waals surface area contributed by atoms with Crippen molar-refractivity contribution in [2.75, 3.05) is 10.6 Å². The first kappa shape index (κ1) is 23.9. The summed E-state index contributed by atoms with van der Waals surface area (Å²) in [6.07, 6.45) is -4.47. The summed E-state index contributed by atoms with van der Waals surface area (Å²) < 4.78 is 45.4. The summed E-state index contributed by atoms with van der Waals surface area (Å²) >= 11 is 0. The molecule has 0 radical (unpaired) electrons. The number of benzene rings is 4. The van der Waals surface area contributed by atoms with E-state index in [9.17, 15) is 18.0 Å². The van der Waals surface area contributed by atoms with Gasteiger partial charge in [-0.3, -0.25) is 10.4 Å². The van der Waals surface area contributed by atoms with Crippen molar-refractivity contribution in [2.45, 2.75) is 12.8 Å². The van der Waals surface area contributed by atoms with E-state index < -0.39 is 17.8 Å². The van der Waals surface area contributed by atoms with E-state index in [4.69, 9.17) is 4.74 Å². The van der Waals surface area contributed by atoms with Crippen molar-refractivity contribution in [1.29, 1.82) is 0 Å². The Morgan fingerprint density at radius 1 is 0.838 bits per heavy atom. The van der Waals surface area contributed by atoms with Gasteiger partial charge >= 0.3 is 12.2 Å². The minimum atomic E-state index is -4.47. The average molecular weight is 502 g/mol. The summed E-state index contributed by atoms with van der Waals surface area (Å²) in [5, 5.41) is 13.0. The minimum Gasteiger partial charge on any atom is -0.489 e. The standard InChI is InChI=1S/C28H21F3N4O2/c29-28(30,31)24-9-5-4-8-20(24)17-37-22-14-15-25-23(16-22)26(35-34-25)33-27(36)32-21-12-10-19(11-13-21)18-6-2-1-3-7-18/h1-16H,17H2,(H3,32,33,34,35,36). The number of anilines is 2. The Labute approximate surface area is 210 Å². The number of halogens is 3. The number of fused-ring (bicyclic) bond motifs is 1. The lowest BCUT2D eigenvalue weighted by Crippen LogP contribution is -2.19. The molecule has 0 saturated carbocycles. The van der Waals surface area contributed by atoms with E-state index in [-0.39, 0.29) is 18.0 Å². The Morgan fingerprint density at radius 3 is 2.30 bits per heavy atom. The maximum Gasteiger partial charge on any atom is 0.416 e. The van der Waals surface area contributed by atoms with Gasteiger partial charge in [-0.25, -0.2) is 4.79 Å². The molecular weight excluding hydrogens is 481 g/mol. The van der Waals surface area contributed by atoms with Crippen LogP contribution in [0.2, 0.25) is 0 Å². The molecule has 5 rings (SSSR count). The number of ether oxygens (including phenoxy) is 1. The van der Waals surface area contributed by atoms with E-state index in [0.717, 1.165) is 17.2 Å².